The van der Waals surface area contributed by atoms with Crippen LogP contribution in [0.4, 0.5) is 0 Å². The normalized spacial score (nSPS) is 12.3. The van der Waals surface area contributed by atoms with Gasteiger partial charge in [0.1, 0.15) is 5.82 Å². The number of sulfonamides is 1. The van der Waals surface area contributed by atoms with E-state index < -0.39 is 10.0 Å². The molecule has 7 nitrogen and oxygen atoms in total. The second-order valence-corrected chi connectivity index (χ2v) is 5.14. The van der Waals surface area contributed by atoms with E-state index in [1.807, 2.05) is 13.8 Å². The number of hydrogen-bond donors (Lipinski definition) is 1. The molecule has 0 saturated heterocycles. The van der Waals surface area contributed by atoms with E-state index in [9.17, 15) is 8.42 Å². The molecule has 0 fully saturated rings. The van der Waals surface area contributed by atoms with Crippen LogP contribution in [0.25, 0.3) is 0 Å². The number of ether oxygens (including phenoxy) is 1. The van der Waals surface area contributed by atoms with Gasteiger partial charge in [-0.1, -0.05) is 13.8 Å². The first kappa shape index (κ1) is 13.1. The smallest absolute Gasteiger partial charge is 0.273 e. The molecule has 0 amide bonds. The second kappa shape index (κ2) is 4.89. The van der Waals surface area contributed by atoms with Crippen molar-refractivity contribution in [1.29, 1.82) is 0 Å². The standard InChI is InChI=1S/C8H16N4O3S/c1-6(2)7-10-11-8(16(9,13)14)12(7)4-5-15-3/h6H,4-5H2,1-3H3,(H2,9,13,14). The van der Waals surface area contributed by atoms with Crippen molar-refractivity contribution in [2.45, 2.75) is 31.5 Å². The Kier molecular flexibility index (Phi) is 4.00. The average Bonchev–Trinajstić information content (AvgIpc) is 2.57. The molecule has 92 valence electrons. The van der Waals surface area contributed by atoms with Gasteiger partial charge in [-0.25, -0.2) is 13.6 Å². The molecule has 0 unspecified atom stereocenters. The Bertz CT molecular complexity index is 452. The second-order valence-electron chi connectivity index (χ2n) is 3.68. The van der Waals surface area contributed by atoms with Crippen LogP contribution in [-0.2, 0) is 21.3 Å². The van der Waals surface area contributed by atoms with E-state index in [1.165, 1.54) is 11.7 Å². The van der Waals surface area contributed by atoms with Gasteiger partial charge in [0.05, 0.1) is 6.61 Å². The summed E-state index contributed by atoms with van der Waals surface area (Å²) in [5.74, 6) is 0.654. The molecule has 1 aromatic heterocycles. The Morgan fingerprint density at radius 2 is 2.06 bits per heavy atom. The lowest BCUT2D eigenvalue weighted by Crippen LogP contribution is -2.21. The molecule has 0 aliphatic rings. The quantitative estimate of drug-likeness (QED) is 0.770. The number of aromatic nitrogens is 3. The maximum absolute atomic E-state index is 11.3. The number of nitrogens with two attached hydrogens (primary N) is 1. The van der Waals surface area contributed by atoms with Crippen molar-refractivity contribution in [2.24, 2.45) is 5.14 Å². The Hall–Kier alpha value is -0.990. The fraction of sp³-hybridized carbons (Fsp3) is 0.750. The summed E-state index contributed by atoms with van der Waals surface area (Å²) in [6, 6.07) is 0. The van der Waals surface area contributed by atoms with Crippen molar-refractivity contribution in [1.82, 2.24) is 14.8 Å². The molecule has 0 aliphatic heterocycles. The number of hydrogen-bond acceptors (Lipinski definition) is 5. The summed E-state index contributed by atoms with van der Waals surface area (Å²) in [7, 11) is -2.31. The van der Waals surface area contributed by atoms with Gasteiger partial charge in [-0.3, -0.25) is 4.57 Å². The minimum Gasteiger partial charge on any atom is -0.383 e. The van der Waals surface area contributed by atoms with Crippen LogP contribution in [0.3, 0.4) is 0 Å². The highest BCUT2D eigenvalue weighted by atomic mass is 32.2. The van der Waals surface area contributed by atoms with Gasteiger partial charge in [0, 0.05) is 19.6 Å². The summed E-state index contributed by atoms with van der Waals surface area (Å²) in [4.78, 5) is 0. The van der Waals surface area contributed by atoms with E-state index in [4.69, 9.17) is 9.88 Å². The van der Waals surface area contributed by atoms with E-state index in [2.05, 4.69) is 10.2 Å². The Morgan fingerprint density at radius 3 is 2.50 bits per heavy atom. The highest BCUT2D eigenvalue weighted by Crippen LogP contribution is 2.15. The number of primary sulfonamides is 1. The Morgan fingerprint density at radius 1 is 1.44 bits per heavy atom. The van der Waals surface area contributed by atoms with Crippen molar-refractivity contribution in [2.75, 3.05) is 13.7 Å². The van der Waals surface area contributed by atoms with Gasteiger partial charge in [-0.05, 0) is 0 Å². The Labute approximate surface area is 94.7 Å². The molecule has 0 aliphatic carbocycles. The van der Waals surface area contributed by atoms with E-state index >= 15 is 0 Å². The Balaban J connectivity index is 3.20. The molecule has 0 atom stereocenters. The first-order valence-electron chi connectivity index (χ1n) is 4.82. The van der Waals surface area contributed by atoms with Crippen LogP contribution in [0.5, 0.6) is 0 Å². The predicted octanol–water partition coefficient (Wildman–Crippen LogP) is -0.305. The lowest BCUT2D eigenvalue weighted by atomic mass is 10.2. The zero-order chi connectivity index (χ0) is 12.3. The van der Waals surface area contributed by atoms with Crippen LogP contribution in [-0.4, -0.2) is 36.9 Å². The van der Waals surface area contributed by atoms with Crippen molar-refractivity contribution in [3.63, 3.8) is 0 Å². The molecule has 2 N–H and O–H groups in total. The summed E-state index contributed by atoms with van der Waals surface area (Å²) in [5.41, 5.74) is 0. The van der Waals surface area contributed by atoms with Gasteiger partial charge in [0.15, 0.2) is 0 Å². The third-order valence-corrected chi connectivity index (χ3v) is 2.85. The summed E-state index contributed by atoms with van der Waals surface area (Å²) in [5, 5.41) is 12.3. The molecule has 0 radical (unpaired) electrons. The number of rotatable bonds is 5. The zero-order valence-corrected chi connectivity index (χ0v) is 10.4. The molecule has 0 spiro atoms. The fourth-order valence-electron chi connectivity index (χ4n) is 1.33. The lowest BCUT2D eigenvalue weighted by molar-refractivity contribution is 0.183. The van der Waals surface area contributed by atoms with Gasteiger partial charge in [0.2, 0.25) is 0 Å². The molecule has 1 heterocycles. The van der Waals surface area contributed by atoms with Crippen LogP contribution >= 0.6 is 0 Å². The molecule has 1 rings (SSSR count). The van der Waals surface area contributed by atoms with E-state index in [0.29, 0.717) is 19.0 Å². The van der Waals surface area contributed by atoms with Crippen LogP contribution in [0.2, 0.25) is 0 Å². The minimum absolute atomic E-state index is 0.0693. The molecular weight excluding hydrogens is 232 g/mol. The summed E-state index contributed by atoms with van der Waals surface area (Å²) in [6.45, 7) is 4.55. The SMILES string of the molecule is COCCn1c(C(C)C)nnc1S(N)(=O)=O. The van der Waals surface area contributed by atoms with E-state index in [1.54, 1.807) is 0 Å². The van der Waals surface area contributed by atoms with Gasteiger partial charge < -0.3 is 4.74 Å². The van der Waals surface area contributed by atoms with Crippen molar-refractivity contribution < 1.29 is 13.2 Å². The summed E-state index contributed by atoms with van der Waals surface area (Å²) in [6.07, 6.45) is 0. The maximum atomic E-state index is 11.3. The monoisotopic (exact) mass is 248 g/mol. The van der Waals surface area contributed by atoms with Gasteiger partial charge in [0.25, 0.3) is 15.2 Å². The van der Waals surface area contributed by atoms with Gasteiger partial charge in [-0.2, -0.15) is 0 Å². The van der Waals surface area contributed by atoms with Gasteiger partial charge >= 0.3 is 0 Å². The van der Waals surface area contributed by atoms with Crippen LogP contribution in [0, 0.1) is 0 Å². The zero-order valence-electron chi connectivity index (χ0n) is 9.54. The lowest BCUT2D eigenvalue weighted by Gasteiger charge is -2.10. The molecule has 0 bridgehead atoms. The fourth-order valence-corrected chi connectivity index (χ4v) is 1.98. The average molecular weight is 248 g/mol. The van der Waals surface area contributed by atoms with Crippen LogP contribution in [0.15, 0.2) is 5.16 Å². The van der Waals surface area contributed by atoms with Crippen molar-refractivity contribution in [3.05, 3.63) is 5.82 Å². The molecule has 0 aromatic carbocycles. The molecule has 16 heavy (non-hydrogen) atoms. The molecule has 8 heteroatoms. The summed E-state index contributed by atoms with van der Waals surface area (Å²) >= 11 is 0. The first-order chi connectivity index (χ1) is 7.38. The van der Waals surface area contributed by atoms with Crippen LogP contribution in [0.1, 0.15) is 25.6 Å². The van der Waals surface area contributed by atoms with E-state index in [-0.39, 0.29) is 11.1 Å². The first-order valence-corrected chi connectivity index (χ1v) is 6.37. The molecule has 0 saturated carbocycles. The third kappa shape index (κ3) is 2.77. The van der Waals surface area contributed by atoms with Crippen LogP contribution < -0.4 is 5.14 Å². The van der Waals surface area contributed by atoms with E-state index in [0.717, 1.165) is 0 Å². The van der Waals surface area contributed by atoms with Crippen molar-refractivity contribution >= 4 is 10.0 Å². The largest absolute Gasteiger partial charge is 0.383 e. The topological polar surface area (TPSA) is 100 Å². The predicted molar refractivity (Wildman–Crippen MR) is 57.4 cm³/mol. The van der Waals surface area contributed by atoms with Gasteiger partial charge in [-0.15, -0.1) is 10.2 Å². The maximum Gasteiger partial charge on any atom is 0.273 e. The number of nitrogens with zero attached hydrogens (tertiary/aromatic N) is 3. The minimum atomic E-state index is -3.84. The highest BCUT2D eigenvalue weighted by molar-refractivity contribution is 7.89. The summed E-state index contributed by atoms with van der Waals surface area (Å²) < 4.78 is 28.9. The number of methoxy groups -OCH3 is 1. The highest BCUT2D eigenvalue weighted by Gasteiger charge is 2.22. The van der Waals surface area contributed by atoms with Crippen molar-refractivity contribution in [3.8, 4) is 0 Å². The molecule has 1 aromatic rings. The third-order valence-electron chi connectivity index (χ3n) is 2.04. The molecular formula is C8H16N4O3S.